The molecule has 4 nitrogen and oxygen atoms in total. The van der Waals surface area contributed by atoms with Crippen LogP contribution in [0.1, 0.15) is 45.2 Å². The van der Waals surface area contributed by atoms with E-state index in [0.29, 0.717) is 12.3 Å². The van der Waals surface area contributed by atoms with Crippen LogP contribution in [0.15, 0.2) is 18.2 Å². The van der Waals surface area contributed by atoms with Crippen molar-refractivity contribution in [1.82, 2.24) is 10.6 Å². The van der Waals surface area contributed by atoms with Gasteiger partial charge in [0.05, 0.1) is 0 Å². The Morgan fingerprint density at radius 2 is 2.14 bits per heavy atom. The van der Waals surface area contributed by atoms with E-state index in [1.165, 1.54) is 12.1 Å². The van der Waals surface area contributed by atoms with Gasteiger partial charge >= 0.3 is 0 Å². The largest absolute Gasteiger partial charge is 0.483 e. The molecule has 0 spiro atoms. The summed E-state index contributed by atoms with van der Waals surface area (Å²) in [5, 5.41) is 6.00. The standard InChI is InChI=1S/C16H25FN2O2/c1-4-6-9-19-16(20)11-21-15-8-7-13(17)10-14(15)12(3)18-5-2/h7-8,10,12,18H,4-6,9,11H2,1-3H3,(H,19,20). The Hall–Kier alpha value is -1.62. The van der Waals surface area contributed by atoms with Crippen LogP contribution >= 0.6 is 0 Å². The van der Waals surface area contributed by atoms with Crippen LogP contribution in [0.25, 0.3) is 0 Å². The van der Waals surface area contributed by atoms with E-state index in [0.717, 1.165) is 24.9 Å². The average molecular weight is 296 g/mol. The van der Waals surface area contributed by atoms with Crippen LogP contribution in [-0.2, 0) is 4.79 Å². The van der Waals surface area contributed by atoms with E-state index in [-0.39, 0.29) is 24.4 Å². The Morgan fingerprint density at radius 1 is 1.38 bits per heavy atom. The van der Waals surface area contributed by atoms with Crippen LogP contribution in [0.3, 0.4) is 0 Å². The first kappa shape index (κ1) is 17.4. The Morgan fingerprint density at radius 3 is 2.81 bits per heavy atom. The molecule has 0 aromatic heterocycles. The minimum Gasteiger partial charge on any atom is -0.483 e. The summed E-state index contributed by atoms with van der Waals surface area (Å²) in [5.41, 5.74) is 0.721. The van der Waals surface area contributed by atoms with Crippen molar-refractivity contribution < 1.29 is 13.9 Å². The van der Waals surface area contributed by atoms with Gasteiger partial charge in [-0.15, -0.1) is 0 Å². The maximum absolute atomic E-state index is 13.4. The van der Waals surface area contributed by atoms with Crippen molar-refractivity contribution >= 4 is 5.91 Å². The van der Waals surface area contributed by atoms with Gasteiger partial charge < -0.3 is 15.4 Å². The Labute approximate surface area is 126 Å². The summed E-state index contributed by atoms with van der Waals surface area (Å²) in [6, 6.07) is 4.31. The van der Waals surface area contributed by atoms with Gasteiger partial charge in [0.2, 0.25) is 0 Å². The molecule has 1 aromatic rings. The summed E-state index contributed by atoms with van der Waals surface area (Å²) < 4.78 is 18.9. The maximum atomic E-state index is 13.4. The van der Waals surface area contributed by atoms with Gasteiger partial charge in [-0.25, -0.2) is 4.39 Å². The van der Waals surface area contributed by atoms with Crippen molar-refractivity contribution in [3.63, 3.8) is 0 Å². The molecule has 118 valence electrons. The number of unbranched alkanes of at least 4 members (excludes halogenated alkanes) is 1. The van der Waals surface area contributed by atoms with E-state index in [1.54, 1.807) is 6.07 Å². The molecule has 0 fully saturated rings. The second-order valence-electron chi connectivity index (χ2n) is 4.95. The zero-order chi connectivity index (χ0) is 15.7. The quantitative estimate of drug-likeness (QED) is 0.689. The molecular weight excluding hydrogens is 271 g/mol. The van der Waals surface area contributed by atoms with Gasteiger partial charge in [-0.3, -0.25) is 4.79 Å². The lowest BCUT2D eigenvalue weighted by molar-refractivity contribution is -0.123. The van der Waals surface area contributed by atoms with Crippen molar-refractivity contribution in [2.75, 3.05) is 19.7 Å². The molecule has 0 aliphatic rings. The molecule has 0 heterocycles. The maximum Gasteiger partial charge on any atom is 0.257 e. The molecule has 0 saturated heterocycles. The molecule has 0 radical (unpaired) electrons. The van der Waals surface area contributed by atoms with Gasteiger partial charge in [-0.05, 0) is 38.1 Å². The molecule has 1 unspecified atom stereocenters. The summed E-state index contributed by atoms with van der Waals surface area (Å²) in [6.07, 6.45) is 1.98. The fraction of sp³-hybridized carbons (Fsp3) is 0.562. The van der Waals surface area contributed by atoms with Crippen molar-refractivity contribution in [2.45, 2.75) is 39.7 Å². The number of amides is 1. The van der Waals surface area contributed by atoms with E-state index in [9.17, 15) is 9.18 Å². The van der Waals surface area contributed by atoms with Crippen LogP contribution < -0.4 is 15.4 Å². The Bertz CT molecular complexity index is 452. The lowest BCUT2D eigenvalue weighted by Gasteiger charge is -2.17. The monoisotopic (exact) mass is 296 g/mol. The number of ether oxygens (including phenoxy) is 1. The summed E-state index contributed by atoms with van der Waals surface area (Å²) in [5.74, 6) is 0.0693. The SMILES string of the molecule is CCCCNC(=O)COc1ccc(F)cc1C(C)NCC. The molecule has 21 heavy (non-hydrogen) atoms. The van der Waals surface area contributed by atoms with E-state index in [4.69, 9.17) is 4.74 Å². The lowest BCUT2D eigenvalue weighted by Crippen LogP contribution is -2.30. The first-order valence-corrected chi connectivity index (χ1v) is 7.50. The van der Waals surface area contributed by atoms with Gasteiger partial charge in [-0.1, -0.05) is 20.3 Å². The molecule has 5 heteroatoms. The molecule has 0 bridgehead atoms. The second-order valence-corrected chi connectivity index (χ2v) is 4.95. The first-order valence-electron chi connectivity index (χ1n) is 7.50. The predicted molar refractivity (Wildman–Crippen MR) is 81.9 cm³/mol. The average Bonchev–Trinajstić information content (AvgIpc) is 2.46. The number of carbonyl (C=O) groups is 1. The topological polar surface area (TPSA) is 50.4 Å². The number of rotatable bonds is 9. The van der Waals surface area contributed by atoms with Crippen LogP contribution in [-0.4, -0.2) is 25.6 Å². The minimum atomic E-state index is -0.311. The van der Waals surface area contributed by atoms with Crippen LogP contribution in [0.2, 0.25) is 0 Å². The zero-order valence-corrected chi connectivity index (χ0v) is 13.0. The number of nitrogens with one attached hydrogen (secondary N) is 2. The second kappa shape index (κ2) is 9.34. The summed E-state index contributed by atoms with van der Waals surface area (Å²) >= 11 is 0. The normalized spacial score (nSPS) is 12.0. The fourth-order valence-corrected chi connectivity index (χ4v) is 2.00. The number of halogens is 1. The van der Waals surface area contributed by atoms with Gasteiger partial charge in [0.1, 0.15) is 11.6 Å². The highest BCUT2D eigenvalue weighted by Crippen LogP contribution is 2.26. The van der Waals surface area contributed by atoms with E-state index < -0.39 is 0 Å². The predicted octanol–water partition coefficient (Wildman–Crippen LogP) is 2.79. The van der Waals surface area contributed by atoms with Crippen molar-refractivity contribution in [3.05, 3.63) is 29.6 Å². The van der Waals surface area contributed by atoms with Gasteiger partial charge in [0.15, 0.2) is 6.61 Å². The highest BCUT2D eigenvalue weighted by atomic mass is 19.1. The zero-order valence-electron chi connectivity index (χ0n) is 13.0. The number of carbonyl (C=O) groups excluding carboxylic acids is 1. The number of benzene rings is 1. The van der Waals surface area contributed by atoms with Gasteiger partial charge in [-0.2, -0.15) is 0 Å². The lowest BCUT2D eigenvalue weighted by atomic mass is 10.1. The Kier molecular flexibility index (Phi) is 7.75. The summed E-state index contributed by atoms with van der Waals surface area (Å²) in [7, 11) is 0. The molecule has 0 aliphatic heterocycles. The smallest absolute Gasteiger partial charge is 0.257 e. The molecule has 2 N–H and O–H groups in total. The van der Waals surface area contributed by atoms with Gasteiger partial charge in [0, 0.05) is 18.2 Å². The van der Waals surface area contributed by atoms with Crippen LogP contribution in [0, 0.1) is 5.82 Å². The molecule has 0 aliphatic carbocycles. The summed E-state index contributed by atoms with van der Waals surface area (Å²) in [6.45, 7) is 7.36. The van der Waals surface area contributed by atoms with E-state index >= 15 is 0 Å². The molecule has 1 aromatic carbocycles. The van der Waals surface area contributed by atoms with Gasteiger partial charge in [0.25, 0.3) is 5.91 Å². The summed E-state index contributed by atoms with van der Waals surface area (Å²) in [4.78, 5) is 11.6. The number of hydrogen-bond acceptors (Lipinski definition) is 3. The minimum absolute atomic E-state index is 0.0381. The molecule has 1 rings (SSSR count). The van der Waals surface area contributed by atoms with Crippen LogP contribution in [0.5, 0.6) is 5.75 Å². The third kappa shape index (κ3) is 6.12. The molecule has 0 saturated carbocycles. The fourth-order valence-electron chi connectivity index (χ4n) is 2.00. The highest BCUT2D eigenvalue weighted by molar-refractivity contribution is 5.77. The van der Waals surface area contributed by atoms with E-state index in [1.807, 2.05) is 13.8 Å². The van der Waals surface area contributed by atoms with Crippen LogP contribution in [0.4, 0.5) is 4.39 Å². The highest BCUT2D eigenvalue weighted by Gasteiger charge is 2.13. The molecular formula is C16H25FN2O2. The van der Waals surface area contributed by atoms with Crippen molar-refractivity contribution in [1.29, 1.82) is 0 Å². The first-order chi connectivity index (χ1) is 10.1. The third-order valence-electron chi connectivity index (χ3n) is 3.16. The Balaban J connectivity index is 2.63. The van der Waals surface area contributed by atoms with Crippen molar-refractivity contribution in [3.8, 4) is 5.75 Å². The van der Waals surface area contributed by atoms with E-state index in [2.05, 4.69) is 17.6 Å². The molecule has 1 amide bonds. The third-order valence-corrected chi connectivity index (χ3v) is 3.16. The van der Waals surface area contributed by atoms with Crippen molar-refractivity contribution in [2.24, 2.45) is 0 Å². The number of hydrogen-bond donors (Lipinski definition) is 2. The molecule has 1 atom stereocenters.